The molecule has 3 aromatic rings. The molecule has 1 heterocycles. The maximum absolute atomic E-state index is 13.0. The predicted octanol–water partition coefficient (Wildman–Crippen LogP) is 3.98. The predicted molar refractivity (Wildman–Crippen MR) is 101 cm³/mol. The number of carbonyl (C=O) groups is 2. The van der Waals surface area contributed by atoms with Crippen molar-refractivity contribution in [3.05, 3.63) is 76.9 Å². The Morgan fingerprint density at radius 1 is 1.00 bits per heavy atom. The first-order valence-electron chi connectivity index (χ1n) is 8.38. The Kier molecular flexibility index (Phi) is 4.89. The lowest BCUT2D eigenvalue weighted by Gasteiger charge is -2.07. The summed E-state index contributed by atoms with van der Waals surface area (Å²) in [6.45, 7) is 3.90. The van der Waals surface area contributed by atoms with Crippen LogP contribution in [0.1, 0.15) is 38.8 Å². The summed E-state index contributed by atoms with van der Waals surface area (Å²) >= 11 is 0. The number of carbonyl (C=O) groups excluding carboxylic acids is 2. The van der Waals surface area contributed by atoms with Gasteiger partial charge in [0.2, 0.25) is 0 Å². The van der Waals surface area contributed by atoms with Gasteiger partial charge in [-0.25, -0.2) is 4.79 Å². The van der Waals surface area contributed by atoms with Crippen molar-refractivity contribution in [1.29, 1.82) is 0 Å². The fourth-order valence-corrected chi connectivity index (χ4v) is 2.83. The first kappa shape index (κ1) is 17.5. The molecule has 26 heavy (non-hydrogen) atoms. The second-order valence-electron chi connectivity index (χ2n) is 5.95. The molecule has 1 aromatic heterocycles. The summed E-state index contributed by atoms with van der Waals surface area (Å²) < 4.78 is 5.19. The summed E-state index contributed by atoms with van der Waals surface area (Å²) in [5.74, 6) is -0.742. The largest absolute Gasteiger partial charge is 0.462 e. The van der Waals surface area contributed by atoms with Gasteiger partial charge in [0.25, 0.3) is 0 Å². The second-order valence-corrected chi connectivity index (χ2v) is 5.95. The molecule has 0 spiro atoms. The highest BCUT2D eigenvalue weighted by Gasteiger charge is 2.29. The number of benzene rings is 2. The van der Waals surface area contributed by atoms with Gasteiger partial charge in [0.15, 0.2) is 5.78 Å². The van der Waals surface area contributed by atoms with Crippen LogP contribution in [0.25, 0.3) is 11.3 Å². The Hall–Kier alpha value is -3.34. The molecular weight excluding hydrogens is 328 g/mol. The van der Waals surface area contributed by atoms with Crippen LogP contribution in [-0.4, -0.2) is 23.3 Å². The molecule has 132 valence electrons. The number of aryl methyl sites for hydroxylation is 1. The zero-order valence-corrected chi connectivity index (χ0v) is 14.7. The number of ketones is 1. The number of rotatable bonds is 5. The topological polar surface area (TPSA) is 85.2 Å². The zero-order chi connectivity index (χ0) is 18.7. The number of H-pyrrole nitrogens is 1. The maximum atomic E-state index is 13.0. The number of nitrogens with two attached hydrogens (primary N) is 1. The average molecular weight is 348 g/mol. The molecule has 0 amide bonds. The third kappa shape index (κ3) is 3.24. The summed E-state index contributed by atoms with van der Waals surface area (Å²) in [6.07, 6.45) is 0. The van der Waals surface area contributed by atoms with Gasteiger partial charge in [-0.15, -0.1) is 0 Å². The van der Waals surface area contributed by atoms with Crippen molar-refractivity contribution in [2.45, 2.75) is 13.8 Å². The van der Waals surface area contributed by atoms with Crippen LogP contribution < -0.4 is 5.73 Å². The van der Waals surface area contributed by atoms with Gasteiger partial charge in [-0.1, -0.05) is 60.2 Å². The maximum Gasteiger partial charge on any atom is 0.341 e. The molecular formula is C21H20N2O3. The van der Waals surface area contributed by atoms with E-state index in [0.717, 1.165) is 11.1 Å². The summed E-state index contributed by atoms with van der Waals surface area (Å²) in [5.41, 5.74) is 9.20. The molecule has 0 aliphatic carbocycles. The van der Waals surface area contributed by atoms with Crippen molar-refractivity contribution in [3.63, 3.8) is 0 Å². The Balaban J connectivity index is 2.19. The van der Waals surface area contributed by atoms with Gasteiger partial charge in [-0.05, 0) is 19.4 Å². The highest BCUT2D eigenvalue weighted by atomic mass is 16.5. The molecule has 0 aliphatic rings. The van der Waals surface area contributed by atoms with E-state index in [0.29, 0.717) is 11.3 Å². The monoisotopic (exact) mass is 348 g/mol. The number of hydrogen-bond acceptors (Lipinski definition) is 4. The van der Waals surface area contributed by atoms with Crippen molar-refractivity contribution in [1.82, 2.24) is 4.98 Å². The van der Waals surface area contributed by atoms with E-state index in [1.54, 1.807) is 31.2 Å². The minimum absolute atomic E-state index is 0.144. The van der Waals surface area contributed by atoms with E-state index in [4.69, 9.17) is 10.5 Å². The van der Waals surface area contributed by atoms with Crippen LogP contribution in [0.2, 0.25) is 0 Å². The van der Waals surface area contributed by atoms with Crippen LogP contribution in [0.15, 0.2) is 54.6 Å². The van der Waals surface area contributed by atoms with Crippen LogP contribution in [0.5, 0.6) is 0 Å². The van der Waals surface area contributed by atoms with Gasteiger partial charge in [-0.2, -0.15) is 0 Å². The third-order valence-electron chi connectivity index (χ3n) is 4.11. The Morgan fingerprint density at radius 3 is 2.27 bits per heavy atom. The first-order valence-corrected chi connectivity index (χ1v) is 8.38. The van der Waals surface area contributed by atoms with E-state index in [1.807, 2.05) is 37.3 Å². The van der Waals surface area contributed by atoms with E-state index < -0.39 is 5.97 Å². The molecule has 3 rings (SSSR count). The highest BCUT2D eigenvalue weighted by molar-refractivity contribution is 6.19. The SMILES string of the molecule is CCOC(=O)c1c(-c2ccc(C)cc2)[nH]c(N)c1C(=O)c1ccccc1. The Labute approximate surface area is 151 Å². The van der Waals surface area contributed by atoms with Crippen molar-refractivity contribution in [3.8, 4) is 11.3 Å². The number of nitrogens with one attached hydrogen (secondary N) is 1. The summed E-state index contributed by atoms with van der Waals surface area (Å²) in [6, 6.07) is 16.3. The summed E-state index contributed by atoms with van der Waals surface area (Å²) in [5, 5.41) is 0. The second kappa shape index (κ2) is 7.27. The fraction of sp³-hybridized carbons (Fsp3) is 0.143. The quantitative estimate of drug-likeness (QED) is 0.539. The third-order valence-corrected chi connectivity index (χ3v) is 4.11. The van der Waals surface area contributed by atoms with Crippen LogP contribution in [0.3, 0.4) is 0 Å². The van der Waals surface area contributed by atoms with Gasteiger partial charge in [0, 0.05) is 5.56 Å². The van der Waals surface area contributed by atoms with Crippen LogP contribution >= 0.6 is 0 Å². The Bertz CT molecular complexity index is 941. The average Bonchev–Trinajstić information content (AvgIpc) is 3.00. The van der Waals surface area contributed by atoms with Crippen molar-refractivity contribution < 1.29 is 14.3 Å². The van der Waals surface area contributed by atoms with E-state index in [-0.39, 0.29) is 29.3 Å². The van der Waals surface area contributed by atoms with Gasteiger partial charge < -0.3 is 15.5 Å². The highest BCUT2D eigenvalue weighted by Crippen LogP contribution is 2.32. The molecule has 0 aliphatic heterocycles. The van der Waals surface area contributed by atoms with E-state index in [2.05, 4.69) is 4.98 Å². The van der Waals surface area contributed by atoms with E-state index in [9.17, 15) is 9.59 Å². The number of anilines is 1. The van der Waals surface area contributed by atoms with Crippen molar-refractivity contribution >= 4 is 17.6 Å². The number of aromatic nitrogens is 1. The van der Waals surface area contributed by atoms with Crippen molar-refractivity contribution in [2.24, 2.45) is 0 Å². The molecule has 0 unspecified atom stereocenters. The Morgan fingerprint density at radius 2 is 1.65 bits per heavy atom. The smallest absolute Gasteiger partial charge is 0.341 e. The number of aromatic amines is 1. The molecule has 5 heteroatoms. The van der Waals surface area contributed by atoms with E-state index >= 15 is 0 Å². The standard InChI is InChI=1S/C21H20N2O3/c1-3-26-21(25)16-17(19(24)15-7-5-4-6-8-15)20(22)23-18(16)14-11-9-13(2)10-12-14/h4-12,23H,3,22H2,1-2H3. The molecule has 0 atom stereocenters. The first-order chi connectivity index (χ1) is 12.5. The molecule has 0 saturated carbocycles. The van der Waals surface area contributed by atoms with Gasteiger partial charge in [0.1, 0.15) is 5.82 Å². The van der Waals surface area contributed by atoms with Gasteiger partial charge >= 0.3 is 5.97 Å². The summed E-state index contributed by atoms with van der Waals surface area (Å²) in [7, 11) is 0. The molecule has 2 aromatic carbocycles. The van der Waals surface area contributed by atoms with Crippen LogP contribution in [0.4, 0.5) is 5.82 Å². The minimum atomic E-state index is -0.574. The fourth-order valence-electron chi connectivity index (χ4n) is 2.83. The zero-order valence-electron chi connectivity index (χ0n) is 14.7. The molecule has 5 nitrogen and oxygen atoms in total. The lowest BCUT2D eigenvalue weighted by molar-refractivity contribution is 0.0525. The van der Waals surface area contributed by atoms with Gasteiger partial charge in [0.05, 0.1) is 23.4 Å². The molecule has 3 N–H and O–H groups in total. The lowest BCUT2D eigenvalue weighted by atomic mass is 9.98. The summed E-state index contributed by atoms with van der Waals surface area (Å²) in [4.78, 5) is 28.6. The molecule has 0 saturated heterocycles. The molecule has 0 radical (unpaired) electrons. The van der Waals surface area contributed by atoms with Crippen LogP contribution in [-0.2, 0) is 4.74 Å². The van der Waals surface area contributed by atoms with Gasteiger partial charge in [-0.3, -0.25) is 4.79 Å². The normalized spacial score (nSPS) is 10.5. The molecule has 0 fully saturated rings. The number of hydrogen-bond donors (Lipinski definition) is 2. The number of ether oxygens (including phenoxy) is 1. The van der Waals surface area contributed by atoms with Crippen molar-refractivity contribution in [2.75, 3.05) is 12.3 Å². The minimum Gasteiger partial charge on any atom is -0.462 e. The molecule has 0 bridgehead atoms. The number of nitrogen functional groups attached to an aromatic ring is 1. The van der Waals surface area contributed by atoms with E-state index in [1.165, 1.54) is 0 Å². The lowest BCUT2D eigenvalue weighted by Crippen LogP contribution is -2.13. The number of esters is 1. The van der Waals surface area contributed by atoms with Crippen LogP contribution in [0, 0.1) is 6.92 Å².